The topological polar surface area (TPSA) is 25.8 Å². The third kappa shape index (κ3) is 2.64. The highest BCUT2D eigenvalue weighted by Crippen LogP contribution is 2.34. The molecule has 3 aromatic carbocycles. The lowest BCUT2D eigenvalue weighted by Crippen LogP contribution is -1.82. The summed E-state index contributed by atoms with van der Waals surface area (Å²) < 4.78 is 0. The van der Waals surface area contributed by atoms with E-state index >= 15 is 0 Å². The fourth-order valence-electron chi connectivity index (χ4n) is 2.78. The van der Waals surface area contributed by atoms with Gasteiger partial charge in [0, 0.05) is 11.1 Å². The van der Waals surface area contributed by atoms with Crippen LogP contribution >= 0.6 is 11.3 Å². The molecule has 3 heteroatoms. The quantitative estimate of drug-likeness (QED) is 0.492. The van der Waals surface area contributed by atoms with Gasteiger partial charge in [0.15, 0.2) is 0 Å². The van der Waals surface area contributed by atoms with Gasteiger partial charge in [0.2, 0.25) is 0 Å². The number of hydrogen-bond donors (Lipinski definition) is 0. The first-order chi connectivity index (χ1) is 11.3. The number of benzene rings is 3. The van der Waals surface area contributed by atoms with E-state index in [-0.39, 0.29) is 0 Å². The van der Waals surface area contributed by atoms with Crippen molar-refractivity contribution >= 4 is 22.1 Å². The summed E-state index contributed by atoms with van der Waals surface area (Å²) >= 11 is 1.65. The van der Waals surface area contributed by atoms with E-state index in [2.05, 4.69) is 83.9 Å². The minimum atomic E-state index is 0.971. The van der Waals surface area contributed by atoms with Crippen molar-refractivity contribution < 1.29 is 0 Å². The molecule has 0 aliphatic carbocycles. The molecule has 1 heterocycles. The Kier molecular flexibility index (Phi) is 3.64. The molecule has 4 rings (SSSR count). The maximum absolute atomic E-state index is 4.44. The van der Waals surface area contributed by atoms with Crippen molar-refractivity contribution in [1.82, 2.24) is 10.2 Å². The summed E-state index contributed by atoms with van der Waals surface area (Å²) in [6.45, 7) is 2.17. The second-order valence-corrected chi connectivity index (χ2v) is 6.47. The minimum absolute atomic E-state index is 0.971. The zero-order valence-corrected chi connectivity index (χ0v) is 13.7. The molecular formula is C20H16N2S. The monoisotopic (exact) mass is 316 g/mol. The fraction of sp³-hybridized carbons (Fsp3) is 0.100. The Labute approximate surface area is 139 Å². The molecule has 0 saturated heterocycles. The standard InChI is InChI=1S/C20H16N2S/c1-2-14-7-5-10-16(13-14)19-21-22-20(23-19)18-12-6-9-15-8-3-4-11-17(15)18/h3-13H,2H2,1H3. The van der Waals surface area contributed by atoms with Gasteiger partial charge in [-0.2, -0.15) is 0 Å². The van der Waals surface area contributed by atoms with Gasteiger partial charge >= 0.3 is 0 Å². The molecule has 0 aliphatic heterocycles. The first-order valence-electron chi connectivity index (χ1n) is 7.76. The highest BCUT2D eigenvalue weighted by Gasteiger charge is 2.11. The van der Waals surface area contributed by atoms with Crippen LogP contribution in [0.25, 0.3) is 31.9 Å². The van der Waals surface area contributed by atoms with Crippen molar-refractivity contribution in [3.63, 3.8) is 0 Å². The van der Waals surface area contributed by atoms with Gasteiger partial charge in [-0.05, 0) is 28.8 Å². The van der Waals surface area contributed by atoms with Crippen molar-refractivity contribution in [2.75, 3.05) is 0 Å². The molecule has 0 atom stereocenters. The van der Waals surface area contributed by atoms with Gasteiger partial charge in [0.1, 0.15) is 10.0 Å². The summed E-state index contributed by atoms with van der Waals surface area (Å²) in [6.07, 6.45) is 1.03. The Bertz CT molecular complexity index is 967. The van der Waals surface area contributed by atoms with E-state index < -0.39 is 0 Å². The zero-order valence-electron chi connectivity index (χ0n) is 12.9. The predicted molar refractivity (Wildman–Crippen MR) is 97.7 cm³/mol. The fourth-order valence-corrected chi connectivity index (χ4v) is 3.66. The maximum atomic E-state index is 4.44. The molecule has 4 aromatic rings. The van der Waals surface area contributed by atoms with Gasteiger partial charge in [-0.1, -0.05) is 78.9 Å². The molecule has 1 aromatic heterocycles. The Balaban J connectivity index is 1.80. The van der Waals surface area contributed by atoms with Gasteiger partial charge in [-0.25, -0.2) is 0 Å². The normalized spacial score (nSPS) is 11.0. The van der Waals surface area contributed by atoms with Gasteiger partial charge in [0.25, 0.3) is 0 Å². The van der Waals surface area contributed by atoms with Crippen LogP contribution in [0.2, 0.25) is 0 Å². The highest BCUT2D eigenvalue weighted by molar-refractivity contribution is 7.18. The molecule has 0 saturated carbocycles. The first-order valence-corrected chi connectivity index (χ1v) is 8.58. The van der Waals surface area contributed by atoms with E-state index in [9.17, 15) is 0 Å². The van der Waals surface area contributed by atoms with Gasteiger partial charge in [0.05, 0.1) is 0 Å². The highest BCUT2D eigenvalue weighted by atomic mass is 32.1. The number of fused-ring (bicyclic) bond motifs is 1. The van der Waals surface area contributed by atoms with Crippen LogP contribution in [0.3, 0.4) is 0 Å². The molecule has 0 amide bonds. The molecule has 0 aliphatic rings. The number of hydrogen-bond acceptors (Lipinski definition) is 3. The lowest BCUT2D eigenvalue weighted by atomic mass is 10.1. The van der Waals surface area contributed by atoms with Crippen molar-refractivity contribution in [3.05, 3.63) is 72.3 Å². The molecule has 0 bridgehead atoms. The third-order valence-corrected chi connectivity index (χ3v) is 5.03. The Hall–Kier alpha value is -2.52. The van der Waals surface area contributed by atoms with Crippen molar-refractivity contribution in [2.24, 2.45) is 0 Å². The molecular weight excluding hydrogens is 300 g/mol. The molecule has 112 valence electrons. The average molecular weight is 316 g/mol. The van der Waals surface area contributed by atoms with Crippen molar-refractivity contribution in [1.29, 1.82) is 0 Å². The number of aromatic nitrogens is 2. The molecule has 0 N–H and O–H groups in total. The largest absolute Gasteiger partial charge is 0.148 e. The van der Waals surface area contributed by atoms with E-state index in [0.717, 1.165) is 27.6 Å². The van der Waals surface area contributed by atoms with Crippen LogP contribution in [0.5, 0.6) is 0 Å². The van der Waals surface area contributed by atoms with Crippen molar-refractivity contribution in [3.8, 4) is 21.1 Å². The average Bonchev–Trinajstić information content (AvgIpc) is 3.11. The van der Waals surface area contributed by atoms with Gasteiger partial charge < -0.3 is 0 Å². The molecule has 2 nitrogen and oxygen atoms in total. The summed E-state index contributed by atoms with van der Waals surface area (Å²) in [5, 5.41) is 13.3. The summed E-state index contributed by atoms with van der Waals surface area (Å²) in [5.41, 5.74) is 3.62. The van der Waals surface area contributed by atoms with Gasteiger partial charge in [-0.3, -0.25) is 0 Å². The predicted octanol–water partition coefficient (Wildman–Crippen LogP) is 5.59. The second-order valence-electron chi connectivity index (χ2n) is 5.49. The van der Waals surface area contributed by atoms with Crippen LogP contribution in [-0.2, 0) is 6.42 Å². The van der Waals surface area contributed by atoms with Crippen LogP contribution in [0, 0.1) is 0 Å². The van der Waals surface area contributed by atoms with E-state index in [4.69, 9.17) is 0 Å². The van der Waals surface area contributed by atoms with Crippen LogP contribution in [-0.4, -0.2) is 10.2 Å². The number of nitrogens with zero attached hydrogens (tertiary/aromatic N) is 2. The van der Waals surface area contributed by atoms with E-state index in [1.54, 1.807) is 11.3 Å². The summed E-state index contributed by atoms with van der Waals surface area (Å²) in [5.74, 6) is 0. The lowest BCUT2D eigenvalue weighted by molar-refractivity contribution is 1.10. The zero-order chi connectivity index (χ0) is 15.6. The minimum Gasteiger partial charge on any atom is -0.138 e. The molecule has 0 spiro atoms. The molecule has 0 unspecified atom stereocenters. The van der Waals surface area contributed by atoms with Crippen LogP contribution in [0.15, 0.2) is 66.7 Å². The summed E-state index contributed by atoms with van der Waals surface area (Å²) in [7, 11) is 0. The maximum Gasteiger partial charge on any atom is 0.148 e. The molecule has 23 heavy (non-hydrogen) atoms. The smallest absolute Gasteiger partial charge is 0.138 e. The molecule has 0 fully saturated rings. The summed E-state index contributed by atoms with van der Waals surface area (Å²) in [4.78, 5) is 0. The van der Waals surface area contributed by atoms with Crippen LogP contribution in [0.4, 0.5) is 0 Å². The Morgan fingerprint density at radius 2 is 1.61 bits per heavy atom. The number of rotatable bonds is 3. The Morgan fingerprint density at radius 1 is 0.826 bits per heavy atom. The third-order valence-electron chi connectivity index (χ3n) is 4.03. The van der Waals surface area contributed by atoms with E-state index in [0.29, 0.717) is 0 Å². The first kappa shape index (κ1) is 14.1. The Morgan fingerprint density at radius 3 is 2.52 bits per heavy atom. The summed E-state index contributed by atoms with van der Waals surface area (Å²) in [6, 6.07) is 23.3. The van der Waals surface area contributed by atoms with Crippen molar-refractivity contribution in [2.45, 2.75) is 13.3 Å². The SMILES string of the molecule is CCc1cccc(-c2nnc(-c3cccc4ccccc34)s2)c1. The van der Waals surface area contributed by atoms with Gasteiger partial charge in [-0.15, -0.1) is 10.2 Å². The number of aryl methyl sites for hydroxylation is 1. The molecule has 0 radical (unpaired) electrons. The van der Waals surface area contributed by atoms with Crippen LogP contribution in [0.1, 0.15) is 12.5 Å². The second kappa shape index (κ2) is 5.94. The van der Waals surface area contributed by atoms with Crippen LogP contribution < -0.4 is 0 Å². The lowest BCUT2D eigenvalue weighted by Gasteiger charge is -2.02. The van der Waals surface area contributed by atoms with E-state index in [1.807, 2.05) is 0 Å². The van der Waals surface area contributed by atoms with E-state index in [1.165, 1.54) is 16.3 Å².